The lowest BCUT2D eigenvalue weighted by molar-refractivity contribution is 0.0197. The highest BCUT2D eigenvalue weighted by atomic mass is 32.2. The number of rotatable bonds is 7. The zero-order valence-corrected chi connectivity index (χ0v) is 13.8. The van der Waals surface area contributed by atoms with Crippen molar-refractivity contribution in [2.75, 3.05) is 39.3 Å². The third-order valence-electron chi connectivity index (χ3n) is 4.36. The largest absolute Gasteiger partial charge is 0.377 e. The van der Waals surface area contributed by atoms with Gasteiger partial charge in [-0.25, -0.2) is 0 Å². The Morgan fingerprint density at radius 1 is 1.14 bits per heavy atom. The van der Waals surface area contributed by atoms with Gasteiger partial charge >= 0.3 is 0 Å². The molecule has 1 atom stereocenters. The predicted molar refractivity (Wildman–Crippen MR) is 83.4 cm³/mol. The maximum Gasteiger partial charge on any atom is 0.279 e. The first kappa shape index (κ1) is 17.1. The molecule has 1 unspecified atom stereocenters. The Morgan fingerprint density at radius 3 is 2.52 bits per heavy atom. The summed E-state index contributed by atoms with van der Waals surface area (Å²) in [6.45, 7) is 6.46. The van der Waals surface area contributed by atoms with E-state index in [1.54, 1.807) is 4.31 Å². The number of hydrogen-bond donors (Lipinski definition) is 2. The summed E-state index contributed by atoms with van der Waals surface area (Å²) >= 11 is 0. The van der Waals surface area contributed by atoms with Gasteiger partial charge in [0.1, 0.15) is 0 Å². The van der Waals surface area contributed by atoms with Crippen molar-refractivity contribution in [2.24, 2.45) is 5.92 Å². The highest BCUT2D eigenvalue weighted by Gasteiger charge is 2.28. The lowest BCUT2D eigenvalue weighted by atomic mass is 9.98. The molecular weight excluding hydrogens is 290 g/mol. The van der Waals surface area contributed by atoms with Gasteiger partial charge in [-0.05, 0) is 51.1 Å². The number of piperidine rings is 1. The molecule has 6 nitrogen and oxygen atoms in total. The Hall–Kier alpha value is -0.210. The summed E-state index contributed by atoms with van der Waals surface area (Å²) in [6, 6.07) is 0. The van der Waals surface area contributed by atoms with Crippen molar-refractivity contribution in [3.05, 3.63) is 0 Å². The van der Waals surface area contributed by atoms with Gasteiger partial charge in [-0.1, -0.05) is 6.92 Å². The minimum atomic E-state index is -3.34. The van der Waals surface area contributed by atoms with Crippen LogP contribution in [0.5, 0.6) is 0 Å². The van der Waals surface area contributed by atoms with E-state index < -0.39 is 10.2 Å². The van der Waals surface area contributed by atoms with Crippen molar-refractivity contribution in [3.63, 3.8) is 0 Å². The van der Waals surface area contributed by atoms with Crippen LogP contribution in [0.1, 0.15) is 39.0 Å². The normalized spacial score (nSPS) is 26.0. The molecule has 21 heavy (non-hydrogen) atoms. The van der Waals surface area contributed by atoms with Gasteiger partial charge in [0.2, 0.25) is 0 Å². The van der Waals surface area contributed by atoms with Crippen molar-refractivity contribution in [1.29, 1.82) is 0 Å². The van der Waals surface area contributed by atoms with Crippen LogP contribution in [0.4, 0.5) is 0 Å². The van der Waals surface area contributed by atoms with Gasteiger partial charge in [0.25, 0.3) is 10.2 Å². The SMILES string of the molecule is CCNCC1CCN(S(=O)(=O)NCC2CCCCO2)CC1. The molecule has 0 aliphatic carbocycles. The molecule has 2 aliphatic rings. The monoisotopic (exact) mass is 319 g/mol. The highest BCUT2D eigenvalue weighted by molar-refractivity contribution is 7.87. The molecule has 0 bridgehead atoms. The zero-order valence-electron chi connectivity index (χ0n) is 13.0. The smallest absolute Gasteiger partial charge is 0.279 e. The van der Waals surface area contributed by atoms with E-state index in [4.69, 9.17) is 4.74 Å². The Balaban J connectivity index is 1.72. The third-order valence-corrected chi connectivity index (χ3v) is 5.94. The topological polar surface area (TPSA) is 70.7 Å². The van der Waals surface area contributed by atoms with Crippen molar-refractivity contribution in [2.45, 2.75) is 45.1 Å². The van der Waals surface area contributed by atoms with Crippen LogP contribution in [-0.4, -0.2) is 58.2 Å². The second-order valence-corrected chi connectivity index (χ2v) is 7.75. The Bertz CT molecular complexity index is 388. The number of ether oxygens (including phenoxy) is 1. The van der Waals surface area contributed by atoms with Crippen LogP contribution in [0.25, 0.3) is 0 Å². The molecule has 0 spiro atoms. The van der Waals surface area contributed by atoms with E-state index in [2.05, 4.69) is 17.0 Å². The quantitative estimate of drug-likeness (QED) is 0.725. The molecule has 0 saturated carbocycles. The summed E-state index contributed by atoms with van der Waals surface area (Å²) in [7, 11) is -3.34. The van der Waals surface area contributed by atoms with Crippen LogP contribution in [0, 0.1) is 5.92 Å². The molecule has 0 aromatic carbocycles. The van der Waals surface area contributed by atoms with E-state index in [1.807, 2.05) is 0 Å². The van der Waals surface area contributed by atoms with Gasteiger partial charge in [0, 0.05) is 26.2 Å². The Labute approximate surface area is 128 Å². The van der Waals surface area contributed by atoms with E-state index in [0.29, 0.717) is 25.6 Å². The highest BCUT2D eigenvalue weighted by Crippen LogP contribution is 2.19. The van der Waals surface area contributed by atoms with Gasteiger partial charge in [0.15, 0.2) is 0 Å². The number of hydrogen-bond acceptors (Lipinski definition) is 4. The van der Waals surface area contributed by atoms with Crippen LogP contribution in [0.2, 0.25) is 0 Å². The Morgan fingerprint density at radius 2 is 1.90 bits per heavy atom. The number of nitrogens with one attached hydrogen (secondary N) is 2. The van der Waals surface area contributed by atoms with Crippen LogP contribution in [0.15, 0.2) is 0 Å². The fourth-order valence-corrected chi connectivity index (χ4v) is 4.23. The van der Waals surface area contributed by atoms with Crippen molar-refractivity contribution in [3.8, 4) is 0 Å². The summed E-state index contributed by atoms with van der Waals surface area (Å²) in [4.78, 5) is 0. The first-order chi connectivity index (χ1) is 10.1. The van der Waals surface area contributed by atoms with E-state index in [0.717, 1.165) is 51.8 Å². The standard InChI is InChI=1S/C14H29N3O3S/c1-2-15-11-13-6-8-17(9-7-13)21(18,19)16-12-14-5-3-4-10-20-14/h13-16H,2-12H2,1H3. The molecule has 7 heteroatoms. The lowest BCUT2D eigenvalue weighted by Gasteiger charge is -2.32. The van der Waals surface area contributed by atoms with Gasteiger partial charge in [-0.15, -0.1) is 0 Å². The van der Waals surface area contributed by atoms with Crippen molar-refractivity contribution < 1.29 is 13.2 Å². The van der Waals surface area contributed by atoms with Crippen LogP contribution in [-0.2, 0) is 14.9 Å². The van der Waals surface area contributed by atoms with Crippen molar-refractivity contribution in [1.82, 2.24) is 14.3 Å². The fourth-order valence-electron chi connectivity index (χ4n) is 2.96. The first-order valence-electron chi connectivity index (χ1n) is 8.19. The summed E-state index contributed by atoms with van der Waals surface area (Å²) < 4.78 is 34.4. The molecule has 0 radical (unpaired) electrons. The second kappa shape index (κ2) is 8.43. The maximum atomic E-state index is 12.3. The third kappa shape index (κ3) is 5.49. The molecule has 2 aliphatic heterocycles. The summed E-state index contributed by atoms with van der Waals surface area (Å²) in [5, 5.41) is 3.34. The summed E-state index contributed by atoms with van der Waals surface area (Å²) in [6.07, 6.45) is 5.08. The lowest BCUT2D eigenvalue weighted by Crippen LogP contribution is -2.48. The summed E-state index contributed by atoms with van der Waals surface area (Å²) in [5.74, 6) is 0.595. The van der Waals surface area contributed by atoms with Gasteiger partial charge in [0.05, 0.1) is 6.10 Å². The minimum Gasteiger partial charge on any atom is -0.377 e. The molecular formula is C14H29N3O3S. The second-order valence-electron chi connectivity index (χ2n) is 5.99. The molecule has 2 N–H and O–H groups in total. The molecule has 2 heterocycles. The molecule has 0 amide bonds. The van der Waals surface area contributed by atoms with E-state index >= 15 is 0 Å². The molecule has 2 fully saturated rings. The average molecular weight is 319 g/mol. The number of nitrogens with zero attached hydrogens (tertiary/aromatic N) is 1. The van der Waals surface area contributed by atoms with E-state index in [-0.39, 0.29) is 6.10 Å². The average Bonchev–Trinajstić information content (AvgIpc) is 2.52. The van der Waals surface area contributed by atoms with Gasteiger partial charge < -0.3 is 10.1 Å². The fraction of sp³-hybridized carbons (Fsp3) is 1.00. The van der Waals surface area contributed by atoms with Crippen LogP contribution >= 0.6 is 0 Å². The van der Waals surface area contributed by atoms with Gasteiger partial charge in [-0.3, -0.25) is 0 Å². The first-order valence-corrected chi connectivity index (χ1v) is 9.63. The summed E-state index contributed by atoms with van der Waals surface area (Å²) in [5.41, 5.74) is 0. The molecule has 2 rings (SSSR count). The zero-order chi connectivity index (χ0) is 15.1. The van der Waals surface area contributed by atoms with Gasteiger partial charge in [-0.2, -0.15) is 17.4 Å². The van der Waals surface area contributed by atoms with E-state index in [1.165, 1.54) is 0 Å². The molecule has 124 valence electrons. The van der Waals surface area contributed by atoms with Crippen molar-refractivity contribution >= 4 is 10.2 Å². The Kier molecular flexibility index (Phi) is 6.88. The maximum absolute atomic E-state index is 12.3. The molecule has 2 saturated heterocycles. The van der Waals surface area contributed by atoms with Crippen LogP contribution in [0.3, 0.4) is 0 Å². The predicted octanol–water partition coefficient (Wildman–Crippen LogP) is 0.711. The minimum absolute atomic E-state index is 0.0415. The molecule has 0 aromatic rings. The van der Waals surface area contributed by atoms with Crippen LogP contribution < -0.4 is 10.0 Å². The molecule has 0 aromatic heterocycles. The van der Waals surface area contributed by atoms with E-state index in [9.17, 15) is 8.42 Å².